The van der Waals surface area contributed by atoms with Crippen LogP contribution in [0.15, 0.2) is 72.8 Å². The molecule has 0 aliphatic carbocycles. The topological polar surface area (TPSA) is 44.8 Å². The van der Waals surface area contributed by atoms with Crippen molar-refractivity contribution in [1.29, 1.82) is 0 Å². The van der Waals surface area contributed by atoms with Gasteiger partial charge in [-0.25, -0.2) is 0 Å². The Bertz CT molecular complexity index is 917. The Balaban J connectivity index is 1.55. The molecule has 130 valence electrons. The van der Waals surface area contributed by atoms with E-state index in [1.54, 1.807) is 25.3 Å². The summed E-state index contributed by atoms with van der Waals surface area (Å²) in [6.07, 6.45) is 0. The number of Topliss-reactive ketones (excluding diaryl/α,β-unsaturated/α-hetero) is 1. The average Bonchev–Trinajstić information content (AvgIpc) is 2.70. The van der Waals surface area contributed by atoms with Gasteiger partial charge in [0.1, 0.15) is 29.6 Å². The first kappa shape index (κ1) is 16.2. The third-order valence-electron chi connectivity index (χ3n) is 4.44. The van der Waals surface area contributed by atoms with Crippen LogP contribution in [0.2, 0.25) is 0 Å². The van der Waals surface area contributed by atoms with Crippen LogP contribution < -0.4 is 14.2 Å². The smallest absolute Gasteiger partial charge is 0.177 e. The third kappa shape index (κ3) is 3.14. The van der Waals surface area contributed by atoms with E-state index in [2.05, 4.69) is 0 Å². The Morgan fingerprint density at radius 1 is 0.885 bits per heavy atom. The molecule has 0 saturated heterocycles. The predicted molar refractivity (Wildman–Crippen MR) is 98.5 cm³/mol. The molecule has 0 fully saturated rings. The lowest BCUT2D eigenvalue weighted by molar-refractivity contribution is 0.0895. The van der Waals surface area contributed by atoms with E-state index >= 15 is 0 Å². The van der Waals surface area contributed by atoms with Crippen molar-refractivity contribution in [3.63, 3.8) is 0 Å². The molecule has 0 radical (unpaired) electrons. The van der Waals surface area contributed by atoms with Crippen LogP contribution in [0.25, 0.3) is 0 Å². The number of hydrogen-bond donors (Lipinski definition) is 0. The molecular weight excluding hydrogens is 328 g/mol. The molecule has 3 aromatic carbocycles. The number of fused-ring (bicyclic) bond motifs is 1. The number of hydrogen-bond acceptors (Lipinski definition) is 4. The van der Waals surface area contributed by atoms with Gasteiger partial charge < -0.3 is 14.2 Å². The van der Waals surface area contributed by atoms with E-state index in [1.807, 2.05) is 54.6 Å². The fourth-order valence-corrected chi connectivity index (χ4v) is 3.03. The monoisotopic (exact) mass is 346 g/mol. The van der Waals surface area contributed by atoms with Gasteiger partial charge in [0.2, 0.25) is 0 Å². The van der Waals surface area contributed by atoms with Crippen LogP contribution >= 0.6 is 0 Å². The van der Waals surface area contributed by atoms with E-state index in [1.165, 1.54) is 0 Å². The molecule has 4 nitrogen and oxygen atoms in total. The number of ketones is 1. The fourth-order valence-electron chi connectivity index (χ4n) is 3.03. The molecule has 1 aliphatic rings. The first-order chi connectivity index (χ1) is 12.7. The Labute approximate surface area is 152 Å². The van der Waals surface area contributed by atoms with Gasteiger partial charge >= 0.3 is 0 Å². The van der Waals surface area contributed by atoms with Crippen LogP contribution in [0.3, 0.4) is 0 Å². The maximum Gasteiger partial charge on any atom is 0.177 e. The summed E-state index contributed by atoms with van der Waals surface area (Å²) < 4.78 is 16.8. The second-order valence-electron chi connectivity index (χ2n) is 6.07. The minimum Gasteiger partial charge on any atom is -0.497 e. The summed E-state index contributed by atoms with van der Waals surface area (Å²) in [5.74, 6) is 2.47. The molecule has 0 bridgehead atoms. The number of benzene rings is 3. The third-order valence-corrected chi connectivity index (χ3v) is 4.44. The second kappa shape index (κ2) is 6.92. The SMILES string of the molecule is COc1ccc2c(c1)C(=O)C(c1ccc(Oc3ccccc3)cc1)CO2. The number of ether oxygens (including phenoxy) is 3. The maximum atomic E-state index is 12.9. The molecular formula is C22H18O4. The van der Waals surface area contributed by atoms with Crippen molar-refractivity contribution in [1.82, 2.24) is 0 Å². The van der Waals surface area contributed by atoms with Crippen LogP contribution in [0.1, 0.15) is 21.8 Å². The lowest BCUT2D eigenvalue weighted by atomic mass is 9.89. The lowest BCUT2D eigenvalue weighted by Gasteiger charge is -2.25. The molecule has 0 aromatic heterocycles. The normalized spacial score (nSPS) is 15.7. The molecule has 0 N–H and O–H groups in total. The summed E-state index contributed by atoms with van der Waals surface area (Å²) >= 11 is 0. The van der Waals surface area contributed by atoms with Gasteiger partial charge in [-0.15, -0.1) is 0 Å². The number of carbonyl (C=O) groups excluding carboxylic acids is 1. The quantitative estimate of drug-likeness (QED) is 0.678. The van der Waals surface area contributed by atoms with Crippen molar-refractivity contribution in [2.75, 3.05) is 13.7 Å². The van der Waals surface area contributed by atoms with Gasteiger partial charge in [-0.05, 0) is 48.0 Å². The van der Waals surface area contributed by atoms with Gasteiger partial charge in [0.25, 0.3) is 0 Å². The largest absolute Gasteiger partial charge is 0.497 e. The van der Waals surface area contributed by atoms with E-state index in [9.17, 15) is 4.79 Å². The van der Waals surface area contributed by atoms with Crippen molar-refractivity contribution in [3.05, 3.63) is 83.9 Å². The number of carbonyl (C=O) groups is 1. The summed E-state index contributed by atoms with van der Waals surface area (Å²) in [6, 6.07) is 22.5. The lowest BCUT2D eigenvalue weighted by Crippen LogP contribution is -2.26. The van der Waals surface area contributed by atoms with Crippen molar-refractivity contribution < 1.29 is 19.0 Å². The Hall–Kier alpha value is -3.27. The van der Waals surface area contributed by atoms with Crippen molar-refractivity contribution in [2.24, 2.45) is 0 Å². The summed E-state index contributed by atoms with van der Waals surface area (Å²) in [4.78, 5) is 12.9. The highest BCUT2D eigenvalue weighted by atomic mass is 16.5. The van der Waals surface area contributed by atoms with E-state index in [-0.39, 0.29) is 11.7 Å². The summed E-state index contributed by atoms with van der Waals surface area (Å²) in [7, 11) is 1.58. The molecule has 0 saturated carbocycles. The van der Waals surface area contributed by atoms with E-state index < -0.39 is 0 Å². The summed E-state index contributed by atoms with van der Waals surface area (Å²) in [6.45, 7) is 0.330. The van der Waals surface area contributed by atoms with Crippen LogP contribution in [0.5, 0.6) is 23.0 Å². The van der Waals surface area contributed by atoms with Gasteiger partial charge in [0, 0.05) is 0 Å². The predicted octanol–water partition coefficient (Wildman–Crippen LogP) is 4.85. The summed E-state index contributed by atoms with van der Waals surface area (Å²) in [5.41, 5.74) is 1.47. The van der Waals surface area contributed by atoms with E-state index in [0.717, 1.165) is 17.1 Å². The van der Waals surface area contributed by atoms with Crippen molar-refractivity contribution in [2.45, 2.75) is 5.92 Å². The summed E-state index contributed by atoms with van der Waals surface area (Å²) in [5, 5.41) is 0. The fraction of sp³-hybridized carbons (Fsp3) is 0.136. The Morgan fingerprint density at radius 3 is 2.31 bits per heavy atom. The van der Waals surface area contributed by atoms with Crippen molar-refractivity contribution >= 4 is 5.78 Å². The molecule has 1 heterocycles. The van der Waals surface area contributed by atoms with Gasteiger partial charge in [-0.2, -0.15) is 0 Å². The first-order valence-corrected chi connectivity index (χ1v) is 8.42. The maximum absolute atomic E-state index is 12.9. The highest BCUT2D eigenvalue weighted by molar-refractivity contribution is 6.04. The zero-order valence-electron chi connectivity index (χ0n) is 14.3. The first-order valence-electron chi connectivity index (χ1n) is 8.42. The van der Waals surface area contributed by atoms with Crippen LogP contribution in [0, 0.1) is 0 Å². The van der Waals surface area contributed by atoms with Gasteiger partial charge in [-0.1, -0.05) is 30.3 Å². The molecule has 1 unspecified atom stereocenters. The molecule has 4 rings (SSSR count). The minimum atomic E-state index is -0.333. The Morgan fingerprint density at radius 2 is 1.58 bits per heavy atom. The van der Waals surface area contributed by atoms with Crippen LogP contribution in [0.4, 0.5) is 0 Å². The standard InChI is InChI=1S/C22H18O4/c1-24-18-11-12-21-19(13-18)22(23)20(14-25-21)15-7-9-17(10-8-15)26-16-5-3-2-4-6-16/h2-13,20H,14H2,1H3. The van der Waals surface area contributed by atoms with E-state index in [4.69, 9.17) is 14.2 Å². The molecule has 1 atom stereocenters. The minimum absolute atomic E-state index is 0.0434. The van der Waals surface area contributed by atoms with Crippen molar-refractivity contribution in [3.8, 4) is 23.0 Å². The zero-order chi connectivity index (χ0) is 17.9. The molecule has 26 heavy (non-hydrogen) atoms. The highest BCUT2D eigenvalue weighted by Crippen LogP contribution is 2.35. The average molecular weight is 346 g/mol. The van der Waals surface area contributed by atoms with Gasteiger partial charge in [0.05, 0.1) is 18.6 Å². The highest BCUT2D eigenvalue weighted by Gasteiger charge is 2.30. The number of methoxy groups -OCH3 is 1. The van der Waals surface area contributed by atoms with Crippen LogP contribution in [-0.4, -0.2) is 19.5 Å². The molecule has 1 aliphatic heterocycles. The van der Waals surface area contributed by atoms with E-state index in [0.29, 0.717) is 23.7 Å². The van der Waals surface area contributed by atoms with Gasteiger partial charge in [-0.3, -0.25) is 4.79 Å². The zero-order valence-corrected chi connectivity index (χ0v) is 14.3. The molecule has 3 aromatic rings. The molecule has 0 spiro atoms. The van der Waals surface area contributed by atoms with Crippen LogP contribution in [-0.2, 0) is 0 Å². The Kier molecular flexibility index (Phi) is 4.32. The number of para-hydroxylation sites is 1. The molecule has 4 heteroatoms. The number of rotatable bonds is 4. The second-order valence-corrected chi connectivity index (χ2v) is 6.07. The van der Waals surface area contributed by atoms with Gasteiger partial charge in [0.15, 0.2) is 5.78 Å². The molecule has 0 amide bonds.